The van der Waals surface area contributed by atoms with Crippen LogP contribution in [0.4, 0.5) is 4.79 Å². The van der Waals surface area contributed by atoms with Gasteiger partial charge >= 0.3 is 6.16 Å². The van der Waals surface area contributed by atoms with E-state index in [9.17, 15) is 4.79 Å². The van der Waals surface area contributed by atoms with E-state index in [0.717, 1.165) is 0 Å². The van der Waals surface area contributed by atoms with Crippen LogP contribution in [0.5, 0.6) is 11.5 Å². The van der Waals surface area contributed by atoms with Gasteiger partial charge in [0, 0.05) is 11.5 Å². The Balaban J connectivity index is 2.46. The van der Waals surface area contributed by atoms with E-state index in [2.05, 4.69) is 9.97 Å². The predicted octanol–water partition coefficient (Wildman–Crippen LogP) is 2.83. The van der Waals surface area contributed by atoms with E-state index >= 15 is 0 Å². The van der Waals surface area contributed by atoms with Crippen molar-refractivity contribution in [3.8, 4) is 11.5 Å². The van der Waals surface area contributed by atoms with Crippen molar-refractivity contribution in [2.75, 3.05) is 13.7 Å². The second kappa shape index (κ2) is 5.71. The Morgan fingerprint density at radius 3 is 2.79 bits per heavy atom. The van der Waals surface area contributed by atoms with Crippen molar-refractivity contribution in [3.05, 3.63) is 23.6 Å². The Kier molecular flexibility index (Phi) is 4.01. The minimum absolute atomic E-state index is 0.199. The molecule has 1 aromatic carbocycles. The number of halogens is 1. The molecule has 0 unspecified atom stereocenters. The predicted molar refractivity (Wildman–Crippen MR) is 68.8 cm³/mol. The lowest BCUT2D eigenvalue weighted by atomic mass is 10.2. The first-order valence-corrected chi connectivity index (χ1v) is 5.86. The molecule has 1 heterocycles. The van der Waals surface area contributed by atoms with Crippen LogP contribution in [0.15, 0.2) is 18.5 Å². The van der Waals surface area contributed by atoms with Crippen LogP contribution in [0.2, 0.25) is 5.15 Å². The third-order valence-corrected chi connectivity index (χ3v) is 2.63. The molecule has 100 valence electrons. The number of carbonyl (C=O) groups excluding carboxylic acids is 1. The number of carbonyl (C=O) groups is 1. The summed E-state index contributed by atoms with van der Waals surface area (Å²) < 4.78 is 14.9. The Morgan fingerprint density at radius 2 is 2.11 bits per heavy atom. The van der Waals surface area contributed by atoms with E-state index in [1.165, 1.54) is 19.5 Å². The van der Waals surface area contributed by atoms with E-state index in [4.69, 9.17) is 25.8 Å². The van der Waals surface area contributed by atoms with E-state index in [1.54, 1.807) is 13.0 Å². The van der Waals surface area contributed by atoms with Gasteiger partial charge in [-0.05, 0) is 13.0 Å². The van der Waals surface area contributed by atoms with Gasteiger partial charge in [-0.3, -0.25) is 0 Å². The summed E-state index contributed by atoms with van der Waals surface area (Å²) in [5, 5.41) is 0.825. The normalized spacial score (nSPS) is 10.3. The molecule has 0 fully saturated rings. The Hall–Kier alpha value is -2.08. The molecule has 6 nitrogen and oxygen atoms in total. The molecule has 2 rings (SSSR count). The van der Waals surface area contributed by atoms with Crippen molar-refractivity contribution in [2.24, 2.45) is 0 Å². The fourth-order valence-corrected chi connectivity index (χ4v) is 1.70. The van der Waals surface area contributed by atoms with Crippen LogP contribution in [0.25, 0.3) is 10.9 Å². The van der Waals surface area contributed by atoms with Gasteiger partial charge in [-0.1, -0.05) is 11.6 Å². The second-order valence-electron chi connectivity index (χ2n) is 3.47. The molecule has 2 aromatic rings. The smallest absolute Gasteiger partial charge is 0.493 e. The molecule has 0 aliphatic carbocycles. The first-order valence-electron chi connectivity index (χ1n) is 5.48. The van der Waals surface area contributed by atoms with Gasteiger partial charge < -0.3 is 14.2 Å². The Bertz CT molecular complexity index is 618. The van der Waals surface area contributed by atoms with Gasteiger partial charge in [-0.2, -0.15) is 0 Å². The first-order chi connectivity index (χ1) is 9.15. The Labute approximate surface area is 114 Å². The average Bonchev–Trinajstić information content (AvgIpc) is 2.39. The molecule has 7 heteroatoms. The van der Waals surface area contributed by atoms with Crippen LogP contribution in [0.3, 0.4) is 0 Å². The fourth-order valence-electron chi connectivity index (χ4n) is 1.51. The highest BCUT2D eigenvalue weighted by molar-refractivity contribution is 6.34. The first kappa shape index (κ1) is 13.4. The molecule has 0 N–H and O–H groups in total. The lowest BCUT2D eigenvalue weighted by molar-refractivity contribution is 0.103. The molecule has 0 spiro atoms. The van der Waals surface area contributed by atoms with E-state index in [0.29, 0.717) is 16.7 Å². The third-order valence-electron chi connectivity index (χ3n) is 2.33. The number of hydrogen-bond donors (Lipinski definition) is 0. The zero-order valence-electron chi connectivity index (χ0n) is 10.3. The minimum atomic E-state index is -0.812. The molecule has 0 atom stereocenters. The summed E-state index contributed by atoms with van der Waals surface area (Å²) in [5.74, 6) is 0.556. The van der Waals surface area contributed by atoms with Gasteiger partial charge in [-0.25, -0.2) is 14.8 Å². The molecular weight excluding hydrogens is 272 g/mol. The lowest BCUT2D eigenvalue weighted by Crippen LogP contribution is -2.10. The second-order valence-corrected chi connectivity index (χ2v) is 3.83. The number of benzene rings is 1. The summed E-state index contributed by atoms with van der Waals surface area (Å²) in [6.07, 6.45) is 0.531. The summed E-state index contributed by atoms with van der Waals surface area (Å²) in [6, 6.07) is 3.14. The number of aromatic nitrogens is 2. The highest BCUT2D eigenvalue weighted by Gasteiger charge is 2.14. The van der Waals surface area contributed by atoms with Crippen LogP contribution in [0, 0.1) is 0 Å². The van der Waals surface area contributed by atoms with Crippen LogP contribution in [0.1, 0.15) is 6.92 Å². The number of nitrogens with zero attached hydrogens (tertiary/aromatic N) is 2. The lowest BCUT2D eigenvalue weighted by Gasteiger charge is -2.10. The maximum Gasteiger partial charge on any atom is 0.513 e. The SMILES string of the molecule is CCOC(=O)Oc1cc2c(Cl)ncnc2cc1OC. The van der Waals surface area contributed by atoms with Gasteiger partial charge in [0.1, 0.15) is 11.5 Å². The molecule has 0 aliphatic rings. The van der Waals surface area contributed by atoms with Crippen molar-refractivity contribution >= 4 is 28.7 Å². The molecule has 0 aliphatic heterocycles. The third kappa shape index (κ3) is 2.85. The highest BCUT2D eigenvalue weighted by Crippen LogP contribution is 2.33. The van der Waals surface area contributed by atoms with Gasteiger partial charge in [0.05, 0.1) is 19.2 Å². The van der Waals surface area contributed by atoms with Gasteiger partial charge in [0.2, 0.25) is 0 Å². The van der Waals surface area contributed by atoms with Crippen molar-refractivity contribution in [1.82, 2.24) is 9.97 Å². The zero-order valence-corrected chi connectivity index (χ0v) is 11.1. The van der Waals surface area contributed by atoms with E-state index in [-0.39, 0.29) is 17.5 Å². The zero-order chi connectivity index (χ0) is 13.8. The Morgan fingerprint density at radius 1 is 1.32 bits per heavy atom. The summed E-state index contributed by atoms with van der Waals surface area (Å²) in [7, 11) is 1.46. The molecule has 0 saturated heterocycles. The van der Waals surface area contributed by atoms with Crippen molar-refractivity contribution in [3.63, 3.8) is 0 Å². The maximum atomic E-state index is 11.3. The number of fused-ring (bicyclic) bond motifs is 1. The van der Waals surface area contributed by atoms with Crippen molar-refractivity contribution in [2.45, 2.75) is 6.92 Å². The molecule has 19 heavy (non-hydrogen) atoms. The number of rotatable bonds is 3. The van der Waals surface area contributed by atoms with Crippen LogP contribution in [-0.2, 0) is 4.74 Å². The summed E-state index contributed by atoms with van der Waals surface area (Å²) in [6.45, 7) is 1.90. The monoisotopic (exact) mass is 282 g/mol. The summed E-state index contributed by atoms with van der Waals surface area (Å²) in [4.78, 5) is 19.3. The van der Waals surface area contributed by atoms with Crippen LogP contribution >= 0.6 is 11.6 Å². The molecule has 0 saturated carbocycles. The van der Waals surface area contributed by atoms with Crippen LogP contribution in [-0.4, -0.2) is 29.8 Å². The summed E-state index contributed by atoms with van der Waals surface area (Å²) >= 11 is 5.96. The highest BCUT2D eigenvalue weighted by atomic mass is 35.5. The number of hydrogen-bond acceptors (Lipinski definition) is 6. The van der Waals surface area contributed by atoms with Crippen molar-refractivity contribution < 1.29 is 19.0 Å². The van der Waals surface area contributed by atoms with Crippen LogP contribution < -0.4 is 9.47 Å². The number of methoxy groups -OCH3 is 1. The minimum Gasteiger partial charge on any atom is -0.493 e. The quantitative estimate of drug-likeness (QED) is 0.490. The standard InChI is InChI=1S/C12H11ClN2O4/c1-3-18-12(16)19-10-4-7-8(5-9(10)17-2)14-6-15-11(7)13/h4-6H,3H2,1-2H3. The van der Waals surface area contributed by atoms with Gasteiger partial charge in [0.25, 0.3) is 0 Å². The van der Waals surface area contributed by atoms with Crippen molar-refractivity contribution in [1.29, 1.82) is 0 Å². The molecular formula is C12H11ClN2O4. The molecule has 0 bridgehead atoms. The topological polar surface area (TPSA) is 70.5 Å². The molecule has 0 radical (unpaired) electrons. The molecule has 0 amide bonds. The van der Waals surface area contributed by atoms with E-state index in [1.807, 2.05) is 0 Å². The largest absolute Gasteiger partial charge is 0.513 e. The van der Waals surface area contributed by atoms with E-state index < -0.39 is 6.16 Å². The molecule has 1 aromatic heterocycles. The van der Waals surface area contributed by atoms with Gasteiger partial charge in [0.15, 0.2) is 11.5 Å². The fraction of sp³-hybridized carbons (Fsp3) is 0.250. The van der Waals surface area contributed by atoms with Gasteiger partial charge in [-0.15, -0.1) is 0 Å². The average molecular weight is 283 g/mol. The number of ether oxygens (including phenoxy) is 3. The maximum absolute atomic E-state index is 11.3. The summed E-state index contributed by atoms with van der Waals surface area (Å²) in [5.41, 5.74) is 0.591.